The van der Waals surface area contributed by atoms with Crippen molar-refractivity contribution in [3.63, 3.8) is 0 Å². The zero-order chi connectivity index (χ0) is 29.8. The summed E-state index contributed by atoms with van der Waals surface area (Å²) < 4.78 is 6.60. The summed E-state index contributed by atoms with van der Waals surface area (Å²) in [4.78, 5) is 55.2. The Hall–Kier alpha value is -3.93. The van der Waals surface area contributed by atoms with Gasteiger partial charge in [-0.05, 0) is 43.7 Å². The van der Waals surface area contributed by atoms with Gasteiger partial charge in [-0.15, -0.1) is 0 Å². The normalized spacial score (nSPS) is 15.9. The molecule has 1 saturated carbocycles. The van der Waals surface area contributed by atoms with Gasteiger partial charge in [-0.3, -0.25) is 23.9 Å². The van der Waals surface area contributed by atoms with Crippen LogP contribution in [0, 0.1) is 5.92 Å². The molecular weight excluding hydrogens is 526 g/mol. The maximum atomic E-state index is 13.6. The minimum atomic E-state index is -1.06. The fourth-order valence-corrected chi connectivity index (χ4v) is 5.39. The van der Waals surface area contributed by atoms with E-state index < -0.39 is 35.9 Å². The Labute approximate surface area is 240 Å². The first kappa shape index (κ1) is 31.6. The minimum Gasteiger partial charge on any atom is -0.464 e. The third kappa shape index (κ3) is 9.31. The van der Waals surface area contributed by atoms with Crippen LogP contribution in [-0.2, 0) is 30.3 Å². The number of aromatic nitrogens is 1. The molecule has 1 heterocycles. The molecule has 3 atom stereocenters. The lowest BCUT2D eigenvalue weighted by molar-refractivity contribution is -0.147. The predicted molar refractivity (Wildman–Crippen MR) is 157 cm³/mol. The van der Waals surface area contributed by atoms with Gasteiger partial charge in [0.05, 0.1) is 18.2 Å². The van der Waals surface area contributed by atoms with Gasteiger partial charge in [-0.2, -0.15) is 0 Å². The maximum Gasteiger partial charge on any atom is 0.328 e. The summed E-state index contributed by atoms with van der Waals surface area (Å²) in [6.45, 7) is 2.09. The van der Waals surface area contributed by atoms with E-state index in [1.807, 2.05) is 18.2 Å². The number of hydrogen-bond donors (Lipinski definition) is 5. The second-order valence-corrected chi connectivity index (χ2v) is 10.6. The number of amides is 2. The summed E-state index contributed by atoms with van der Waals surface area (Å²) in [7, 11) is 0. The van der Waals surface area contributed by atoms with E-state index in [1.165, 1.54) is 11.0 Å². The molecule has 2 aromatic rings. The molecule has 0 aliphatic heterocycles. The molecule has 2 amide bonds. The maximum absolute atomic E-state index is 13.6. The number of guanidine groups is 1. The van der Waals surface area contributed by atoms with Gasteiger partial charge < -0.3 is 32.6 Å². The van der Waals surface area contributed by atoms with Crippen molar-refractivity contribution in [3.05, 3.63) is 36.0 Å². The number of fused-ring (bicyclic) bond motifs is 1. The van der Waals surface area contributed by atoms with Gasteiger partial charge >= 0.3 is 5.97 Å². The minimum absolute atomic E-state index is 0.0662. The van der Waals surface area contributed by atoms with E-state index in [0.717, 1.165) is 31.1 Å². The summed E-state index contributed by atoms with van der Waals surface area (Å²) >= 11 is 0. The number of nitrogens with one attached hydrogen (secondary N) is 2. The summed E-state index contributed by atoms with van der Waals surface area (Å²) in [5.74, 6) is -1.28. The molecule has 224 valence electrons. The molecule has 41 heavy (non-hydrogen) atoms. The van der Waals surface area contributed by atoms with Crippen LogP contribution in [0.2, 0.25) is 0 Å². The highest BCUT2D eigenvalue weighted by Gasteiger charge is 2.30. The summed E-state index contributed by atoms with van der Waals surface area (Å²) in [5, 5.41) is 6.35. The fourth-order valence-electron chi connectivity index (χ4n) is 5.39. The number of nitrogens with zero attached hydrogens (tertiary/aromatic N) is 2. The number of aliphatic imine (C=N–C) groups is 1. The molecule has 1 aliphatic rings. The highest BCUT2D eigenvalue weighted by Crippen LogP contribution is 2.27. The van der Waals surface area contributed by atoms with Gasteiger partial charge in [-0.25, -0.2) is 4.79 Å². The molecule has 0 unspecified atom stereocenters. The standard InChI is InChI=1S/C29H43N7O5/c1-2-41-28(40)23(12-8-14-33-29(31)32)34-27(39)24(35-26(38)22(30)15-19-9-4-3-5-10-19)16-20-17-36(18-37)25-13-7-6-11-21(20)25/h6-7,11,13,17-19,22-24H,2-5,8-10,12,14-16,30H2,1H3,(H,34,39)(H,35,38)(H4,31,32,33)/t22-,23-,24+/m1/s1. The van der Waals surface area contributed by atoms with Crippen LogP contribution in [0.1, 0.15) is 63.9 Å². The third-order valence-electron chi connectivity index (χ3n) is 7.48. The zero-order valence-electron chi connectivity index (χ0n) is 23.7. The summed E-state index contributed by atoms with van der Waals surface area (Å²) in [6, 6.07) is 4.50. The average molecular weight is 570 g/mol. The molecule has 1 fully saturated rings. The molecule has 1 aromatic heterocycles. The van der Waals surface area contributed by atoms with Gasteiger partial charge in [-0.1, -0.05) is 50.3 Å². The van der Waals surface area contributed by atoms with E-state index in [1.54, 1.807) is 19.2 Å². The van der Waals surface area contributed by atoms with Gasteiger partial charge in [0.2, 0.25) is 18.2 Å². The van der Waals surface area contributed by atoms with Crippen molar-refractivity contribution in [2.24, 2.45) is 28.1 Å². The molecule has 0 saturated heterocycles. The molecule has 3 rings (SSSR count). The second kappa shape index (κ2) is 15.8. The van der Waals surface area contributed by atoms with Crippen molar-refractivity contribution in [2.45, 2.75) is 82.8 Å². The molecule has 1 aliphatic carbocycles. The van der Waals surface area contributed by atoms with Gasteiger partial charge in [0, 0.05) is 24.5 Å². The van der Waals surface area contributed by atoms with E-state index >= 15 is 0 Å². The zero-order valence-corrected chi connectivity index (χ0v) is 23.7. The topological polar surface area (TPSA) is 197 Å². The molecular formula is C29H43N7O5. The van der Waals surface area contributed by atoms with Crippen LogP contribution < -0.4 is 27.8 Å². The highest BCUT2D eigenvalue weighted by molar-refractivity contribution is 5.94. The number of nitrogens with two attached hydrogens (primary N) is 3. The molecule has 1 aromatic carbocycles. The first-order valence-corrected chi connectivity index (χ1v) is 14.4. The van der Waals surface area contributed by atoms with Crippen molar-refractivity contribution < 1.29 is 23.9 Å². The Morgan fingerprint density at radius 2 is 1.80 bits per heavy atom. The number of rotatable bonds is 15. The Morgan fingerprint density at radius 3 is 2.49 bits per heavy atom. The van der Waals surface area contributed by atoms with Crippen molar-refractivity contribution in [1.29, 1.82) is 0 Å². The van der Waals surface area contributed by atoms with E-state index in [4.69, 9.17) is 21.9 Å². The van der Waals surface area contributed by atoms with Crippen LogP contribution in [0.3, 0.4) is 0 Å². The lowest BCUT2D eigenvalue weighted by atomic mass is 9.85. The van der Waals surface area contributed by atoms with Crippen LogP contribution in [0.4, 0.5) is 0 Å². The molecule has 8 N–H and O–H groups in total. The summed E-state index contributed by atoms with van der Waals surface area (Å²) in [6.07, 6.45) is 9.13. The van der Waals surface area contributed by atoms with Crippen LogP contribution in [-0.4, -0.2) is 66.0 Å². The molecule has 0 radical (unpaired) electrons. The van der Waals surface area contributed by atoms with Crippen molar-refractivity contribution in [2.75, 3.05) is 13.2 Å². The van der Waals surface area contributed by atoms with Crippen molar-refractivity contribution >= 4 is 41.1 Å². The lowest BCUT2D eigenvalue weighted by Gasteiger charge is -2.26. The largest absolute Gasteiger partial charge is 0.464 e. The first-order chi connectivity index (χ1) is 19.7. The van der Waals surface area contributed by atoms with Crippen LogP contribution >= 0.6 is 0 Å². The number of benzene rings is 1. The van der Waals surface area contributed by atoms with E-state index in [2.05, 4.69) is 15.6 Å². The highest BCUT2D eigenvalue weighted by atomic mass is 16.5. The molecule has 0 bridgehead atoms. The Balaban J connectivity index is 1.82. The number of hydrogen-bond acceptors (Lipinski definition) is 7. The van der Waals surface area contributed by atoms with Gasteiger partial charge in [0.1, 0.15) is 12.1 Å². The second-order valence-electron chi connectivity index (χ2n) is 10.6. The van der Waals surface area contributed by atoms with Gasteiger partial charge in [0.25, 0.3) is 0 Å². The number of esters is 1. The number of ether oxygens (including phenoxy) is 1. The summed E-state index contributed by atoms with van der Waals surface area (Å²) in [5.41, 5.74) is 18.4. The Bertz CT molecular complexity index is 1220. The first-order valence-electron chi connectivity index (χ1n) is 14.4. The van der Waals surface area contributed by atoms with Crippen molar-refractivity contribution in [3.8, 4) is 0 Å². The van der Waals surface area contributed by atoms with E-state index in [9.17, 15) is 19.2 Å². The van der Waals surface area contributed by atoms with Gasteiger partial charge in [0.15, 0.2) is 5.96 Å². The molecule has 12 nitrogen and oxygen atoms in total. The number of carbonyl (C=O) groups excluding carboxylic acids is 4. The number of para-hydroxylation sites is 1. The van der Waals surface area contributed by atoms with Crippen molar-refractivity contribution in [1.82, 2.24) is 15.2 Å². The monoisotopic (exact) mass is 569 g/mol. The SMILES string of the molecule is CCOC(=O)[C@@H](CCCN=C(N)N)NC(=O)[C@H](Cc1cn(C=O)c2ccccc12)NC(=O)[C@H](N)CC1CCCCC1. The number of carbonyl (C=O) groups is 4. The van der Waals surface area contributed by atoms with Crippen LogP contribution in [0.5, 0.6) is 0 Å². The van der Waals surface area contributed by atoms with E-state index in [0.29, 0.717) is 36.2 Å². The quantitative estimate of drug-likeness (QED) is 0.0691. The lowest BCUT2D eigenvalue weighted by Crippen LogP contribution is -2.55. The molecule has 0 spiro atoms. The average Bonchev–Trinajstić information content (AvgIpc) is 3.32. The fraction of sp³-hybridized carbons (Fsp3) is 0.552. The predicted octanol–water partition coefficient (Wildman–Crippen LogP) is 1.11. The Morgan fingerprint density at radius 1 is 1.10 bits per heavy atom. The third-order valence-corrected chi connectivity index (χ3v) is 7.48. The van der Waals surface area contributed by atoms with Crippen LogP contribution in [0.15, 0.2) is 35.5 Å². The van der Waals surface area contributed by atoms with Crippen LogP contribution in [0.25, 0.3) is 10.9 Å². The molecule has 12 heteroatoms. The Kier molecular flexibility index (Phi) is 12.1. The van der Waals surface area contributed by atoms with E-state index in [-0.39, 0.29) is 32.0 Å². The smallest absolute Gasteiger partial charge is 0.328 e.